The molecule has 0 amide bonds. The van der Waals surface area contributed by atoms with Crippen LogP contribution < -0.4 is 0 Å². The molecule has 0 aliphatic carbocycles. The molecule has 0 aromatic heterocycles. The van der Waals surface area contributed by atoms with Crippen LogP contribution in [0, 0.1) is 12.1 Å². The minimum absolute atomic E-state index is 0.428. The summed E-state index contributed by atoms with van der Waals surface area (Å²) >= 11 is 11.8. The van der Waals surface area contributed by atoms with E-state index >= 15 is 0 Å². The lowest BCUT2D eigenvalue weighted by molar-refractivity contribution is -0.354. The second kappa shape index (κ2) is 5.42. The van der Waals surface area contributed by atoms with Crippen molar-refractivity contribution >= 4 is 35.1 Å². The van der Waals surface area contributed by atoms with Crippen molar-refractivity contribution < 1.29 is 4.74 Å². The maximum absolute atomic E-state index is 12.0. The van der Waals surface area contributed by atoms with Gasteiger partial charge in [-0.3, -0.25) is 0 Å². The lowest BCUT2D eigenvalue weighted by Crippen LogP contribution is -1.99. The molecule has 18 heavy (non-hydrogen) atoms. The Bertz CT molecular complexity index is 591. The zero-order valence-electron chi connectivity index (χ0n) is 9.73. The Hall–Kier alpha value is -1.51. The van der Waals surface area contributed by atoms with Crippen LogP contribution in [0.3, 0.4) is 0 Å². The minimum atomic E-state index is 0.428. The fourth-order valence-electron chi connectivity index (χ4n) is 1.54. The van der Waals surface area contributed by atoms with Gasteiger partial charge in [-0.1, -0.05) is 29.3 Å². The number of rotatable bonds is 2. The van der Waals surface area contributed by atoms with Gasteiger partial charge in [-0.25, -0.2) is 0 Å². The largest absolute Gasteiger partial charge is 0.618 e. The summed E-state index contributed by atoms with van der Waals surface area (Å²) in [6, 6.07) is 12.3. The quantitative estimate of drug-likeness (QED) is 0.342. The van der Waals surface area contributed by atoms with E-state index in [2.05, 4.69) is 0 Å². The average molecular weight is 280 g/mol. The van der Waals surface area contributed by atoms with Crippen LogP contribution in [0.4, 0.5) is 5.69 Å². The molecule has 2 aromatic rings. The van der Waals surface area contributed by atoms with E-state index in [-0.39, 0.29) is 0 Å². The maximum atomic E-state index is 12.0. The Morgan fingerprint density at radius 3 is 2.33 bits per heavy atom. The molecule has 0 aliphatic rings. The highest BCUT2D eigenvalue weighted by Crippen LogP contribution is 2.24. The van der Waals surface area contributed by atoms with Gasteiger partial charge in [0.15, 0.2) is 6.21 Å². The van der Waals surface area contributed by atoms with Crippen LogP contribution >= 0.6 is 23.2 Å². The van der Waals surface area contributed by atoms with Crippen molar-refractivity contribution in [1.82, 2.24) is 0 Å². The number of hydrogen-bond acceptors (Lipinski definition) is 1. The van der Waals surface area contributed by atoms with Crippen LogP contribution in [-0.4, -0.2) is 11.0 Å². The molecule has 0 N–H and O–H groups in total. The first-order valence-corrected chi connectivity index (χ1v) is 6.15. The third-order valence-corrected chi connectivity index (χ3v) is 3.03. The Balaban J connectivity index is 2.35. The van der Waals surface area contributed by atoms with Gasteiger partial charge in [0.05, 0.1) is 0 Å². The Morgan fingerprint density at radius 2 is 1.72 bits per heavy atom. The van der Waals surface area contributed by atoms with Gasteiger partial charge in [-0.15, -0.1) is 0 Å². The van der Waals surface area contributed by atoms with Crippen molar-refractivity contribution in [3.05, 3.63) is 68.8 Å². The molecule has 0 atom stereocenters. The first-order valence-electron chi connectivity index (χ1n) is 5.39. The normalized spacial score (nSPS) is 11.6. The molecule has 0 spiro atoms. The van der Waals surface area contributed by atoms with Gasteiger partial charge >= 0.3 is 0 Å². The molecule has 0 heterocycles. The smallest absolute Gasteiger partial charge is 0.235 e. The second-order valence-electron chi connectivity index (χ2n) is 3.96. The van der Waals surface area contributed by atoms with Crippen molar-refractivity contribution in [1.29, 1.82) is 0 Å². The van der Waals surface area contributed by atoms with Gasteiger partial charge in [0.25, 0.3) is 0 Å². The molecule has 0 aliphatic heterocycles. The van der Waals surface area contributed by atoms with E-state index in [0.29, 0.717) is 15.7 Å². The Kier molecular flexibility index (Phi) is 3.90. The summed E-state index contributed by atoms with van der Waals surface area (Å²) in [5, 5.41) is 13.1. The molecule has 2 rings (SSSR count). The average Bonchev–Trinajstić information content (AvgIpc) is 2.32. The lowest BCUT2D eigenvalue weighted by Gasteiger charge is -2.05. The Morgan fingerprint density at radius 1 is 1.06 bits per heavy atom. The highest BCUT2D eigenvalue weighted by atomic mass is 35.5. The third kappa shape index (κ3) is 3.03. The van der Waals surface area contributed by atoms with Crippen LogP contribution in [-0.2, 0) is 0 Å². The van der Waals surface area contributed by atoms with E-state index in [0.717, 1.165) is 15.9 Å². The van der Waals surface area contributed by atoms with Crippen molar-refractivity contribution in [2.45, 2.75) is 6.92 Å². The first-order chi connectivity index (χ1) is 8.56. The third-order valence-electron chi connectivity index (χ3n) is 2.48. The monoisotopic (exact) mass is 279 g/mol. The maximum Gasteiger partial charge on any atom is 0.235 e. The number of nitrogens with zero attached hydrogens (tertiary/aromatic N) is 1. The summed E-state index contributed by atoms with van der Waals surface area (Å²) in [6.07, 6.45) is 1.47. The summed E-state index contributed by atoms with van der Waals surface area (Å²) in [4.78, 5) is 0. The number of halogens is 2. The highest BCUT2D eigenvalue weighted by Gasteiger charge is 2.08. The van der Waals surface area contributed by atoms with Gasteiger partial charge in [0, 0.05) is 16.7 Å². The SMILES string of the molecule is Cc1ccc([N+]([O-])=Cc2ccc(Cl)cc2)c(Cl)c1. The Labute approximate surface area is 116 Å². The van der Waals surface area contributed by atoms with Crippen molar-refractivity contribution in [2.24, 2.45) is 0 Å². The molecule has 0 saturated carbocycles. The molecule has 0 fully saturated rings. The zero-order valence-corrected chi connectivity index (χ0v) is 11.2. The minimum Gasteiger partial charge on any atom is -0.618 e. The van der Waals surface area contributed by atoms with Gasteiger partial charge in [-0.05, 0) is 42.8 Å². The number of hydrogen-bond donors (Lipinski definition) is 0. The van der Waals surface area contributed by atoms with E-state index in [1.54, 1.807) is 36.4 Å². The predicted octanol–water partition coefficient (Wildman–Crippen LogP) is 4.56. The van der Waals surface area contributed by atoms with Crippen LogP contribution in [0.25, 0.3) is 0 Å². The molecule has 0 saturated heterocycles. The van der Waals surface area contributed by atoms with E-state index in [9.17, 15) is 5.21 Å². The van der Waals surface area contributed by atoms with E-state index in [1.165, 1.54) is 6.21 Å². The topological polar surface area (TPSA) is 26.1 Å². The van der Waals surface area contributed by atoms with E-state index in [4.69, 9.17) is 23.2 Å². The standard InChI is InChI=1S/C14H11Cl2NO/c1-10-2-7-14(13(16)8-10)17(18)9-11-3-5-12(15)6-4-11/h2-9H,1H3. The summed E-state index contributed by atoms with van der Waals surface area (Å²) in [5.41, 5.74) is 2.21. The van der Waals surface area contributed by atoms with Gasteiger partial charge in [-0.2, -0.15) is 4.74 Å². The molecular weight excluding hydrogens is 269 g/mol. The number of aryl methyl sites for hydroxylation is 1. The zero-order chi connectivity index (χ0) is 13.1. The summed E-state index contributed by atoms with van der Waals surface area (Å²) in [7, 11) is 0. The molecule has 2 nitrogen and oxygen atoms in total. The molecule has 4 heteroatoms. The van der Waals surface area contributed by atoms with Crippen LogP contribution in [0.15, 0.2) is 42.5 Å². The molecular formula is C14H11Cl2NO. The van der Waals surface area contributed by atoms with E-state index < -0.39 is 0 Å². The summed E-state index contributed by atoms with van der Waals surface area (Å²) in [6.45, 7) is 1.92. The fraction of sp³-hybridized carbons (Fsp3) is 0.0714. The summed E-state index contributed by atoms with van der Waals surface area (Å²) < 4.78 is 0.755. The molecule has 0 radical (unpaired) electrons. The lowest BCUT2D eigenvalue weighted by atomic mass is 10.2. The van der Waals surface area contributed by atoms with Gasteiger partial charge in [0.2, 0.25) is 5.69 Å². The molecule has 0 bridgehead atoms. The van der Waals surface area contributed by atoms with Crippen LogP contribution in [0.5, 0.6) is 0 Å². The molecule has 2 aromatic carbocycles. The van der Waals surface area contributed by atoms with Crippen LogP contribution in [0.1, 0.15) is 11.1 Å². The van der Waals surface area contributed by atoms with Crippen molar-refractivity contribution in [3.8, 4) is 0 Å². The number of benzene rings is 2. The van der Waals surface area contributed by atoms with E-state index in [1.807, 2.05) is 13.0 Å². The molecule has 0 unspecified atom stereocenters. The molecule has 92 valence electrons. The van der Waals surface area contributed by atoms with Gasteiger partial charge in [0.1, 0.15) is 5.02 Å². The highest BCUT2D eigenvalue weighted by molar-refractivity contribution is 6.32. The summed E-state index contributed by atoms with van der Waals surface area (Å²) in [5.74, 6) is 0. The fourth-order valence-corrected chi connectivity index (χ4v) is 1.99. The second-order valence-corrected chi connectivity index (χ2v) is 4.80. The van der Waals surface area contributed by atoms with Crippen molar-refractivity contribution in [2.75, 3.05) is 0 Å². The van der Waals surface area contributed by atoms with Crippen molar-refractivity contribution in [3.63, 3.8) is 0 Å². The van der Waals surface area contributed by atoms with Crippen LogP contribution in [0.2, 0.25) is 10.0 Å². The first kappa shape index (κ1) is 12.9. The van der Waals surface area contributed by atoms with Gasteiger partial charge < -0.3 is 5.21 Å². The predicted molar refractivity (Wildman–Crippen MR) is 76.1 cm³/mol.